The van der Waals surface area contributed by atoms with E-state index in [0.717, 1.165) is 31.6 Å². The van der Waals surface area contributed by atoms with Crippen LogP contribution in [0, 0.1) is 5.92 Å². The lowest BCUT2D eigenvalue weighted by atomic mass is 10.1. The van der Waals surface area contributed by atoms with Crippen molar-refractivity contribution in [2.45, 2.75) is 39.2 Å². The van der Waals surface area contributed by atoms with Gasteiger partial charge in [-0.2, -0.15) is 0 Å². The quantitative estimate of drug-likeness (QED) is 0.860. The van der Waals surface area contributed by atoms with E-state index in [0.29, 0.717) is 6.54 Å². The third kappa shape index (κ3) is 3.53. The van der Waals surface area contributed by atoms with E-state index in [1.54, 1.807) is 11.3 Å². The summed E-state index contributed by atoms with van der Waals surface area (Å²) in [5.41, 5.74) is 1.09. The number of aliphatic carboxylic acids is 1. The first-order valence-electron chi connectivity index (χ1n) is 6.57. The van der Waals surface area contributed by atoms with Gasteiger partial charge >= 0.3 is 5.97 Å². The maximum atomic E-state index is 10.9. The summed E-state index contributed by atoms with van der Waals surface area (Å²) in [4.78, 5) is 17.7. The van der Waals surface area contributed by atoms with Crippen LogP contribution in [0.15, 0.2) is 5.38 Å². The van der Waals surface area contributed by atoms with Gasteiger partial charge in [0.25, 0.3) is 0 Å². The minimum Gasteiger partial charge on any atom is -0.481 e. The molecule has 0 amide bonds. The molecule has 1 aliphatic rings. The summed E-state index contributed by atoms with van der Waals surface area (Å²) in [5.74, 6) is -0.859. The highest BCUT2D eigenvalue weighted by Crippen LogP contribution is 2.20. The molecule has 2 rings (SSSR count). The van der Waals surface area contributed by atoms with E-state index in [-0.39, 0.29) is 5.92 Å². The van der Waals surface area contributed by atoms with Gasteiger partial charge in [-0.1, -0.05) is 13.3 Å². The number of likely N-dealkylation sites (tertiary alicyclic amines) is 1. The lowest BCUT2D eigenvalue weighted by Gasteiger charge is -2.12. The van der Waals surface area contributed by atoms with E-state index in [9.17, 15) is 4.79 Å². The largest absolute Gasteiger partial charge is 0.481 e. The Labute approximate surface area is 112 Å². The maximum Gasteiger partial charge on any atom is 0.307 e. The van der Waals surface area contributed by atoms with Gasteiger partial charge in [-0.05, 0) is 25.8 Å². The van der Waals surface area contributed by atoms with Gasteiger partial charge in [-0.25, -0.2) is 4.98 Å². The highest BCUT2D eigenvalue weighted by atomic mass is 32.1. The molecule has 1 fully saturated rings. The van der Waals surface area contributed by atoms with E-state index in [2.05, 4.69) is 22.2 Å². The molecule has 0 radical (unpaired) electrons. The average Bonchev–Trinajstić information content (AvgIpc) is 2.96. The number of carbonyl (C=O) groups is 1. The molecule has 0 bridgehead atoms. The summed E-state index contributed by atoms with van der Waals surface area (Å²) in [6, 6.07) is 0. The Morgan fingerprint density at radius 2 is 2.50 bits per heavy atom. The van der Waals surface area contributed by atoms with Crippen molar-refractivity contribution in [2.24, 2.45) is 5.92 Å². The van der Waals surface area contributed by atoms with Crippen LogP contribution < -0.4 is 0 Å². The standard InChI is InChI=1S/C13H20N2O2S/c1-2-3-4-12-14-11(9-18-12)8-15-6-5-10(7-15)13(16)17/h9-10H,2-8H2,1H3,(H,16,17). The molecule has 100 valence electrons. The number of carboxylic acids is 1. The Hall–Kier alpha value is -0.940. The molecule has 2 heterocycles. The van der Waals surface area contributed by atoms with E-state index in [1.807, 2.05) is 0 Å². The smallest absolute Gasteiger partial charge is 0.307 e. The van der Waals surface area contributed by atoms with Crippen LogP contribution in [0.5, 0.6) is 0 Å². The van der Waals surface area contributed by atoms with Crippen LogP contribution >= 0.6 is 11.3 Å². The van der Waals surface area contributed by atoms with E-state index in [1.165, 1.54) is 17.8 Å². The van der Waals surface area contributed by atoms with Crippen LogP contribution in [0.1, 0.15) is 36.9 Å². The molecule has 1 aromatic heterocycles. The maximum absolute atomic E-state index is 10.9. The lowest BCUT2D eigenvalue weighted by molar-refractivity contribution is -0.141. The number of rotatable bonds is 6. The number of aromatic nitrogens is 1. The van der Waals surface area contributed by atoms with Crippen LogP contribution in [-0.4, -0.2) is 34.0 Å². The molecule has 1 N–H and O–H groups in total. The summed E-state index contributed by atoms with van der Waals surface area (Å²) < 4.78 is 0. The van der Waals surface area contributed by atoms with Gasteiger partial charge in [0, 0.05) is 18.5 Å². The lowest BCUT2D eigenvalue weighted by Crippen LogP contribution is -2.22. The predicted octanol–water partition coefficient (Wildman–Crippen LogP) is 2.39. The number of hydrogen-bond donors (Lipinski definition) is 1. The van der Waals surface area contributed by atoms with Crippen LogP contribution in [-0.2, 0) is 17.8 Å². The molecule has 5 heteroatoms. The molecule has 1 aromatic rings. The average molecular weight is 268 g/mol. The molecule has 0 saturated carbocycles. The molecular formula is C13H20N2O2S. The molecule has 1 atom stereocenters. The highest BCUT2D eigenvalue weighted by molar-refractivity contribution is 7.09. The van der Waals surface area contributed by atoms with Gasteiger partial charge in [0.1, 0.15) is 0 Å². The van der Waals surface area contributed by atoms with Crippen molar-refractivity contribution in [1.29, 1.82) is 0 Å². The summed E-state index contributed by atoms with van der Waals surface area (Å²) in [6.07, 6.45) is 4.22. The molecular weight excluding hydrogens is 248 g/mol. The number of hydrogen-bond acceptors (Lipinski definition) is 4. The van der Waals surface area contributed by atoms with Gasteiger partial charge in [-0.3, -0.25) is 9.69 Å². The fourth-order valence-corrected chi connectivity index (χ4v) is 3.10. The number of thiazole rings is 1. The van der Waals surface area contributed by atoms with Crippen molar-refractivity contribution in [1.82, 2.24) is 9.88 Å². The SMILES string of the molecule is CCCCc1nc(CN2CCC(C(=O)O)C2)cs1. The summed E-state index contributed by atoms with van der Waals surface area (Å²) >= 11 is 1.73. The molecule has 0 aliphatic carbocycles. The van der Waals surface area contributed by atoms with E-state index >= 15 is 0 Å². The zero-order valence-corrected chi connectivity index (χ0v) is 11.6. The predicted molar refractivity (Wildman–Crippen MR) is 71.7 cm³/mol. The second kappa shape index (κ2) is 6.29. The van der Waals surface area contributed by atoms with Crippen molar-refractivity contribution in [2.75, 3.05) is 13.1 Å². The number of nitrogens with zero attached hydrogens (tertiary/aromatic N) is 2. The van der Waals surface area contributed by atoms with Crippen molar-refractivity contribution >= 4 is 17.3 Å². The molecule has 0 spiro atoms. The first kappa shape index (κ1) is 13.5. The van der Waals surface area contributed by atoms with Gasteiger partial charge < -0.3 is 5.11 Å². The van der Waals surface area contributed by atoms with Gasteiger partial charge in [0.15, 0.2) is 0 Å². The Kier molecular flexibility index (Phi) is 4.72. The molecule has 18 heavy (non-hydrogen) atoms. The molecule has 4 nitrogen and oxygen atoms in total. The normalized spacial score (nSPS) is 20.4. The Morgan fingerprint density at radius 3 is 3.17 bits per heavy atom. The van der Waals surface area contributed by atoms with Gasteiger partial charge in [0.05, 0.1) is 16.6 Å². The van der Waals surface area contributed by atoms with Crippen molar-refractivity contribution in [3.05, 3.63) is 16.1 Å². The molecule has 1 saturated heterocycles. The summed E-state index contributed by atoms with van der Waals surface area (Å²) in [6.45, 7) is 4.52. The highest BCUT2D eigenvalue weighted by Gasteiger charge is 2.28. The number of carboxylic acid groups (broad SMARTS) is 1. The fraction of sp³-hybridized carbons (Fsp3) is 0.692. The summed E-state index contributed by atoms with van der Waals surface area (Å²) in [7, 11) is 0. The molecule has 1 aliphatic heterocycles. The first-order chi connectivity index (χ1) is 8.69. The molecule has 0 aromatic carbocycles. The van der Waals surface area contributed by atoms with E-state index in [4.69, 9.17) is 5.11 Å². The van der Waals surface area contributed by atoms with Crippen LogP contribution in [0.2, 0.25) is 0 Å². The minimum absolute atomic E-state index is 0.191. The van der Waals surface area contributed by atoms with Crippen molar-refractivity contribution in [3.63, 3.8) is 0 Å². The second-order valence-corrected chi connectivity index (χ2v) is 5.84. The third-order valence-electron chi connectivity index (χ3n) is 3.35. The Morgan fingerprint density at radius 1 is 1.67 bits per heavy atom. The van der Waals surface area contributed by atoms with Crippen LogP contribution in [0.3, 0.4) is 0 Å². The zero-order chi connectivity index (χ0) is 13.0. The van der Waals surface area contributed by atoms with Crippen LogP contribution in [0.4, 0.5) is 0 Å². The Bertz CT molecular complexity index is 405. The van der Waals surface area contributed by atoms with Gasteiger partial charge in [-0.15, -0.1) is 11.3 Å². The molecule has 1 unspecified atom stereocenters. The fourth-order valence-electron chi connectivity index (χ4n) is 2.27. The first-order valence-corrected chi connectivity index (χ1v) is 7.45. The summed E-state index contributed by atoms with van der Waals surface area (Å²) in [5, 5.41) is 12.3. The topological polar surface area (TPSA) is 53.4 Å². The number of aryl methyl sites for hydroxylation is 1. The van der Waals surface area contributed by atoms with Crippen LogP contribution in [0.25, 0.3) is 0 Å². The minimum atomic E-state index is -0.667. The van der Waals surface area contributed by atoms with Crippen molar-refractivity contribution < 1.29 is 9.90 Å². The van der Waals surface area contributed by atoms with E-state index < -0.39 is 5.97 Å². The monoisotopic (exact) mass is 268 g/mol. The van der Waals surface area contributed by atoms with Gasteiger partial charge in [0.2, 0.25) is 0 Å². The number of unbranched alkanes of at least 4 members (excludes halogenated alkanes) is 1. The Balaban J connectivity index is 1.83. The third-order valence-corrected chi connectivity index (χ3v) is 4.31. The zero-order valence-electron chi connectivity index (χ0n) is 10.8. The van der Waals surface area contributed by atoms with Crippen molar-refractivity contribution in [3.8, 4) is 0 Å². The second-order valence-electron chi connectivity index (χ2n) is 4.90.